The number of rotatable bonds is 17. The zero-order valence-corrected chi connectivity index (χ0v) is 17.5. The SMILES string of the molecule is CCCCCCCCCCCCCC[n+]1cc[nH]c1CCCC(C)C. The molecule has 1 aromatic heterocycles. The van der Waals surface area contributed by atoms with E-state index in [-0.39, 0.29) is 0 Å². The summed E-state index contributed by atoms with van der Waals surface area (Å²) in [7, 11) is 0. The van der Waals surface area contributed by atoms with Crippen molar-refractivity contribution in [1.29, 1.82) is 0 Å². The normalized spacial score (nSPS) is 11.5. The lowest BCUT2D eigenvalue weighted by Gasteiger charge is -2.04. The van der Waals surface area contributed by atoms with Crippen LogP contribution in [0, 0.1) is 5.92 Å². The number of aryl methyl sites for hydroxylation is 2. The summed E-state index contributed by atoms with van der Waals surface area (Å²) in [5.41, 5.74) is 0. The van der Waals surface area contributed by atoms with Gasteiger partial charge in [0.25, 0.3) is 5.82 Å². The molecule has 0 aliphatic rings. The highest BCUT2D eigenvalue weighted by molar-refractivity contribution is 4.77. The summed E-state index contributed by atoms with van der Waals surface area (Å²) >= 11 is 0. The minimum Gasteiger partial charge on any atom is -0.248 e. The molecule has 1 aromatic rings. The predicted molar refractivity (Wildman–Crippen MR) is 110 cm³/mol. The van der Waals surface area contributed by atoms with Gasteiger partial charge in [-0.05, 0) is 25.2 Å². The van der Waals surface area contributed by atoms with Crippen molar-refractivity contribution in [3.8, 4) is 0 Å². The summed E-state index contributed by atoms with van der Waals surface area (Å²) in [5, 5.41) is 0. The zero-order valence-electron chi connectivity index (χ0n) is 17.5. The van der Waals surface area contributed by atoms with E-state index in [9.17, 15) is 0 Å². The molecule has 1 heterocycles. The number of nitrogens with one attached hydrogen (secondary N) is 1. The second kappa shape index (κ2) is 15.5. The molecule has 0 aliphatic heterocycles. The van der Waals surface area contributed by atoms with Crippen LogP contribution in [0.1, 0.15) is 116 Å². The lowest BCUT2D eigenvalue weighted by atomic mass is 10.1. The summed E-state index contributed by atoms with van der Waals surface area (Å²) < 4.78 is 2.44. The van der Waals surface area contributed by atoms with Gasteiger partial charge in [-0.25, -0.2) is 9.55 Å². The fourth-order valence-corrected chi connectivity index (χ4v) is 3.62. The Morgan fingerprint density at radius 2 is 1.36 bits per heavy atom. The molecule has 1 N–H and O–H groups in total. The van der Waals surface area contributed by atoms with Gasteiger partial charge in [-0.3, -0.25) is 0 Å². The van der Waals surface area contributed by atoms with Crippen LogP contribution in [0.2, 0.25) is 0 Å². The van der Waals surface area contributed by atoms with Crippen LogP contribution in [-0.4, -0.2) is 4.98 Å². The number of aromatic amines is 1. The predicted octanol–water partition coefficient (Wildman–Crippen LogP) is 6.98. The van der Waals surface area contributed by atoms with Gasteiger partial charge in [-0.2, -0.15) is 0 Å². The number of unbranched alkanes of at least 4 members (excludes halogenated alkanes) is 11. The third-order valence-electron chi connectivity index (χ3n) is 5.30. The smallest absolute Gasteiger partial charge is 0.248 e. The van der Waals surface area contributed by atoms with Crippen molar-refractivity contribution in [3.63, 3.8) is 0 Å². The summed E-state index contributed by atoms with van der Waals surface area (Å²) in [6.07, 6.45) is 25.3. The largest absolute Gasteiger partial charge is 0.254 e. The van der Waals surface area contributed by atoms with Crippen LogP contribution in [0.15, 0.2) is 12.4 Å². The van der Waals surface area contributed by atoms with Crippen LogP contribution >= 0.6 is 0 Å². The van der Waals surface area contributed by atoms with Gasteiger partial charge in [0.15, 0.2) is 0 Å². The lowest BCUT2D eigenvalue weighted by Crippen LogP contribution is -2.36. The molecule has 2 nitrogen and oxygen atoms in total. The molecule has 1 rings (SSSR count). The molecule has 2 heteroatoms. The molecular formula is C23H45N2+. The van der Waals surface area contributed by atoms with E-state index in [4.69, 9.17) is 0 Å². The third kappa shape index (κ3) is 12.2. The quantitative estimate of drug-likeness (QED) is 0.231. The summed E-state index contributed by atoms with van der Waals surface area (Å²) in [6.45, 7) is 8.12. The van der Waals surface area contributed by atoms with Gasteiger partial charge in [-0.1, -0.05) is 91.4 Å². The van der Waals surface area contributed by atoms with E-state index in [0.717, 1.165) is 5.92 Å². The molecule has 0 saturated heterocycles. The first-order chi connectivity index (χ1) is 12.2. The van der Waals surface area contributed by atoms with Crippen LogP contribution in [0.4, 0.5) is 0 Å². The van der Waals surface area contributed by atoms with Gasteiger partial charge >= 0.3 is 0 Å². The lowest BCUT2D eigenvalue weighted by molar-refractivity contribution is -0.703. The van der Waals surface area contributed by atoms with Gasteiger partial charge < -0.3 is 0 Å². The first kappa shape index (κ1) is 22.3. The molecule has 25 heavy (non-hydrogen) atoms. The molecule has 0 unspecified atom stereocenters. The Hall–Kier alpha value is -0.790. The van der Waals surface area contributed by atoms with Crippen molar-refractivity contribution in [2.75, 3.05) is 0 Å². The first-order valence-electron chi connectivity index (χ1n) is 11.3. The molecule has 0 aliphatic carbocycles. The minimum absolute atomic E-state index is 0.819. The van der Waals surface area contributed by atoms with Crippen LogP contribution in [-0.2, 0) is 13.0 Å². The maximum Gasteiger partial charge on any atom is 0.254 e. The fraction of sp³-hybridized carbons (Fsp3) is 0.870. The topological polar surface area (TPSA) is 19.7 Å². The maximum absolute atomic E-state index is 3.44. The van der Waals surface area contributed by atoms with Crippen LogP contribution in [0.3, 0.4) is 0 Å². The molecule has 0 bridgehead atoms. The monoisotopic (exact) mass is 349 g/mol. The maximum atomic E-state index is 3.44. The fourth-order valence-electron chi connectivity index (χ4n) is 3.62. The highest BCUT2D eigenvalue weighted by Crippen LogP contribution is 2.12. The van der Waals surface area contributed by atoms with Crippen LogP contribution in [0.25, 0.3) is 0 Å². The summed E-state index contributed by atoms with van der Waals surface area (Å²) in [5.74, 6) is 2.24. The first-order valence-corrected chi connectivity index (χ1v) is 11.3. The molecule has 0 spiro atoms. The highest BCUT2D eigenvalue weighted by Gasteiger charge is 2.10. The molecule has 146 valence electrons. The molecule has 0 radical (unpaired) electrons. The summed E-state index contributed by atoms with van der Waals surface area (Å²) in [6, 6.07) is 0. The van der Waals surface area contributed by atoms with E-state index >= 15 is 0 Å². The van der Waals surface area contributed by atoms with E-state index < -0.39 is 0 Å². The van der Waals surface area contributed by atoms with Crippen molar-refractivity contribution >= 4 is 0 Å². The molecule has 0 amide bonds. The number of aromatic nitrogens is 2. The van der Waals surface area contributed by atoms with Gasteiger partial charge in [0, 0.05) is 6.42 Å². The van der Waals surface area contributed by atoms with E-state index in [0.29, 0.717) is 0 Å². The Kier molecular flexibility index (Phi) is 13.8. The number of hydrogen-bond donors (Lipinski definition) is 1. The molecular weight excluding hydrogens is 304 g/mol. The Labute approximate surface area is 157 Å². The average Bonchev–Trinajstić information content (AvgIpc) is 3.03. The van der Waals surface area contributed by atoms with Crippen molar-refractivity contribution in [3.05, 3.63) is 18.2 Å². The van der Waals surface area contributed by atoms with Crippen LogP contribution < -0.4 is 4.57 Å². The Bertz CT molecular complexity index is 395. The summed E-state index contributed by atoms with van der Waals surface area (Å²) in [4.78, 5) is 3.44. The van der Waals surface area contributed by atoms with Crippen molar-refractivity contribution in [2.24, 2.45) is 5.92 Å². The van der Waals surface area contributed by atoms with Gasteiger partial charge in [0.2, 0.25) is 0 Å². The van der Waals surface area contributed by atoms with E-state index in [1.165, 1.54) is 109 Å². The van der Waals surface area contributed by atoms with E-state index in [1.54, 1.807) is 0 Å². The van der Waals surface area contributed by atoms with Gasteiger partial charge in [0.1, 0.15) is 12.4 Å². The molecule has 0 fully saturated rings. The third-order valence-corrected chi connectivity index (χ3v) is 5.30. The van der Waals surface area contributed by atoms with Gasteiger partial charge in [-0.15, -0.1) is 0 Å². The zero-order chi connectivity index (χ0) is 18.2. The molecule has 0 atom stereocenters. The van der Waals surface area contributed by atoms with Crippen LogP contribution in [0.5, 0.6) is 0 Å². The second-order valence-corrected chi connectivity index (χ2v) is 8.28. The van der Waals surface area contributed by atoms with Crippen molar-refractivity contribution in [1.82, 2.24) is 4.98 Å². The Morgan fingerprint density at radius 1 is 0.800 bits per heavy atom. The second-order valence-electron chi connectivity index (χ2n) is 8.28. The van der Waals surface area contributed by atoms with E-state index in [1.807, 2.05) is 0 Å². The Morgan fingerprint density at radius 3 is 1.92 bits per heavy atom. The highest BCUT2D eigenvalue weighted by atomic mass is 15.1. The standard InChI is InChI=1S/C23H44N2/c1-4-5-6-7-8-9-10-11-12-13-14-15-20-25-21-19-24-23(25)18-16-17-22(2)3/h19,21-22H,4-18,20H2,1-3H3/p+1. The minimum atomic E-state index is 0.819. The number of hydrogen-bond acceptors (Lipinski definition) is 0. The number of H-pyrrole nitrogens is 1. The van der Waals surface area contributed by atoms with E-state index in [2.05, 4.69) is 42.7 Å². The van der Waals surface area contributed by atoms with Crippen molar-refractivity contribution < 1.29 is 4.57 Å². The number of imidazole rings is 1. The Balaban J connectivity index is 1.94. The molecule has 0 saturated carbocycles. The van der Waals surface area contributed by atoms with Crippen molar-refractivity contribution in [2.45, 2.75) is 124 Å². The van der Waals surface area contributed by atoms with Gasteiger partial charge in [0.05, 0.1) is 6.54 Å². The molecule has 0 aromatic carbocycles. The average molecular weight is 350 g/mol. The number of nitrogens with zero attached hydrogens (tertiary/aromatic N) is 1.